The lowest BCUT2D eigenvalue weighted by atomic mass is 10.2. The van der Waals surface area contributed by atoms with Crippen LogP contribution in [-0.2, 0) is 4.79 Å². The lowest BCUT2D eigenvalue weighted by Crippen LogP contribution is -2.56. The number of ether oxygens (including phenoxy) is 1. The van der Waals surface area contributed by atoms with Crippen LogP contribution in [0.5, 0.6) is 5.75 Å². The highest BCUT2D eigenvalue weighted by atomic mass is 16.5. The van der Waals surface area contributed by atoms with Gasteiger partial charge in [0.25, 0.3) is 0 Å². The maximum absolute atomic E-state index is 12.3. The zero-order valence-electron chi connectivity index (χ0n) is 15.5. The molecule has 6 heteroatoms. The molecule has 1 saturated heterocycles. The molecule has 25 heavy (non-hydrogen) atoms. The fourth-order valence-corrected chi connectivity index (χ4v) is 2.67. The van der Waals surface area contributed by atoms with Crippen molar-refractivity contribution in [1.29, 1.82) is 0 Å². The number of rotatable bonds is 7. The van der Waals surface area contributed by atoms with Crippen molar-refractivity contribution in [3.05, 3.63) is 29.8 Å². The van der Waals surface area contributed by atoms with Gasteiger partial charge in [-0.25, -0.2) is 4.79 Å². The summed E-state index contributed by atoms with van der Waals surface area (Å²) in [5.74, 6) is 0.810. The van der Waals surface area contributed by atoms with Crippen LogP contribution < -0.4 is 10.1 Å². The van der Waals surface area contributed by atoms with Gasteiger partial charge in [-0.3, -0.25) is 4.79 Å². The minimum absolute atomic E-state index is 0.0263. The number of piperazine rings is 1. The van der Waals surface area contributed by atoms with Gasteiger partial charge >= 0.3 is 6.03 Å². The predicted molar refractivity (Wildman–Crippen MR) is 97.7 cm³/mol. The van der Waals surface area contributed by atoms with E-state index >= 15 is 0 Å². The van der Waals surface area contributed by atoms with Gasteiger partial charge in [-0.2, -0.15) is 0 Å². The number of nitrogens with one attached hydrogen (secondary N) is 1. The summed E-state index contributed by atoms with van der Waals surface area (Å²) in [6.45, 7) is 8.54. The zero-order chi connectivity index (χ0) is 18.2. The second-order valence-corrected chi connectivity index (χ2v) is 6.63. The Morgan fingerprint density at radius 2 is 2.00 bits per heavy atom. The standard InChI is InChI=1S/C19H29N3O3/c1-4-5-10-21-11-12-22(13-18(21)23)19(24)20-16(3)14-25-17-8-6-15(2)7-9-17/h6-9,16H,4-5,10-14H2,1-3H3,(H,20,24). The maximum Gasteiger partial charge on any atom is 0.318 e. The van der Waals surface area contributed by atoms with E-state index < -0.39 is 0 Å². The first-order chi connectivity index (χ1) is 12.0. The highest BCUT2D eigenvalue weighted by molar-refractivity contribution is 5.85. The molecule has 3 amide bonds. The molecule has 0 radical (unpaired) electrons. The molecule has 1 atom stereocenters. The highest BCUT2D eigenvalue weighted by Gasteiger charge is 2.27. The molecule has 0 aliphatic carbocycles. The first kappa shape index (κ1) is 19.1. The van der Waals surface area contributed by atoms with E-state index in [0.29, 0.717) is 19.7 Å². The minimum Gasteiger partial charge on any atom is -0.491 e. The number of carbonyl (C=O) groups is 2. The lowest BCUT2D eigenvalue weighted by molar-refractivity contribution is -0.134. The SMILES string of the molecule is CCCCN1CCN(C(=O)NC(C)COc2ccc(C)cc2)CC1=O. The van der Waals surface area contributed by atoms with Crippen LogP contribution in [0.2, 0.25) is 0 Å². The van der Waals surface area contributed by atoms with Gasteiger partial charge in [0.2, 0.25) is 5.91 Å². The molecule has 1 fully saturated rings. The Kier molecular flexibility index (Phi) is 7.10. The van der Waals surface area contributed by atoms with Crippen molar-refractivity contribution in [3.8, 4) is 5.75 Å². The van der Waals surface area contributed by atoms with E-state index in [1.165, 1.54) is 5.56 Å². The van der Waals surface area contributed by atoms with Gasteiger partial charge in [-0.05, 0) is 32.4 Å². The number of nitrogens with zero attached hydrogens (tertiary/aromatic N) is 2. The minimum atomic E-state index is -0.205. The van der Waals surface area contributed by atoms with Crippen molar-refractivity contribution >= 4 is 11.9 Å². The van der Waals surface area contributed by atoms with E-state index in [0.717, 1.165) is 25.1 Å². The lowest BCUT2D eigenvalue weighted by Gasteiger charge is -2.34. The number of urea groups is 1. The van der Waals surface area contributed by atoms with Crippen LogP contribution in [0, 0.1) is 6.92 Å². The van der Waals surface area contributed by atoms with Crippen molar-refractivity contribution in [2.75, 3.05) is 32.8 Å². The van der Waals surface area contributed by atoms with E-state index in [9.17, 15) is 9.59 Å². The van der Waals surface area contributed by atoms with E-state index in [4.69, 9.17) is 4.74 Å². The quantitative estimate of drug-likeness (QED) is 0.824. The Hall–Kier alpha value is -2.24. The second-order valence-electron chi connectivity index (χ2n) is 6.63. The van der Waals surface area contributed by atoms with Gasteiger partial charge in [0, 0.05) is 19.6 Å². The summed E-state index contributed by atoms with van der Waals surface area (Å²) in [6, 6.07) is 7.46. The molecule has 1 aromatic carbocycles. The van der Waals surface area contributed by atoms with Gasteiger partial charge in [0.1, 0.15) is 18.9 Å². The van der Waals surface area contributed by atoms with Crippen LogP contribution in [0.4, 0.5) is 4.79 Å². The molecule has 138 valence electrons. The summed E-state index contributed by atoms with van der Waals surface area (Å²) >= 11 is 0. The van der Waals surface area contributed by atoms with Crippen LogP contribution in [-0.4, -0.2) is 60.6 Å². The van der Waals surface area contributed by atoms with E-state index in [2.05, 4.69) is 12.2 Å². The van der Waals surface area contributed by atoms with Crippen LogP contribution in [0.15, 0.2) is 24.3 Å². The average Bonchev–Trinajstić information content (AvgIpc) is 2.60. The van der Waals surface area contributed by atoms with Crippen molar-refractivity contribution in [1.82, 2.24) is 15.1 Å². The van der Waals surface area contributed by atoms with E-state index in [1.54, 1.807) is 4.90 Å². The molecular weight excluding hydrogens is 318 g/mol. The first-order valence-corrected chi connectivity index (χ1v) is 9.02. The van der Waals surface area contributed by atoms with Gasteiger partial charge in [-0.1, -0.05) is 31.0 Å². The molecule has 1 N–H and O–H groups in total. The molecular formula is C19H29N3O3. The normalized spacial score (nSPS) is 15.9. The van der Waals surface area contributed by atoms with Gasteiger partial charge in [0.15, 0.2) is 0 Å². The Morgan fingerprint density at radius 1 is 1.28 bits per heavy atom. The van der Waals surface area contributed by atoms with Gasteiger partial charge in [-0.15, -0.1) is 0 Å². The summed E-state index contributed by atoms with van der Waals surface area (Å²) in [7, 11) is 0. The van der Waals surface area contributed by atoms with Crippen molar-refractivity contribution in [2.24, 2.45) is 0 Å². The largest absolute Gasteiger partial charge is 0.491 e. The Balaban J connectivity index is 1.73. The number of benzene rings is 1. The molecule has 2 rings (SSSR count). The van der Waals surface area contributed by atoms with Crippen molar-refractivity contribution < 1.29 is 14.3 Å². The number of unbranched alkanes of at least 4 members (excludes halogenated alkanes) is 1. The van der Waals surface area contributed by atoms with Crippen molar-refractivity contribution in [2.45, 2.75) is 39.7 Å². The fourth-order valence-electron chi connectivity index (χ4n) is 2.67. The molecule has 1 unspecified atom stereocenters. The number of hydrogen-bond donors (Lipinski definition) is 1. The number of hydrogen-bond acceptors (Lipinski definition) is 3. The predicted octanol–water partition coefficient (Wildman–Crippen LogP) is 2.42. The first-order valence-electron chi connectivity index (χ1n) is 9.02. The zero-order valence-corrected chi connectivity index (χ0v) is 15.5. The van der Waals surface area contributed by atoms with E-state index in [1.807, 2.05) is 43.0 Å². The molecule has 0 saturated carbocycles. The third kappa shape index (κ3) is 5.96. The molecule has 1 aliphatic heterocycles. The van der Waals surface area contributed by atoms with E-state index in [-0.39, 0.29) is 24.5 Å². The Labute approximate surface area is 150 Å². The molecule has 0 bridgehead atoms. The van der Waals surface area contributed by atoms with Crippen LogP contribution in [0.25, 0.3) is 0 Å². The van der Waals surface area contributed by atoms with Gasteiger partial charge in [0.05, 0.1) is 6.04 Å². The smallest absolute Gasteiger partial charge is 0.318 e. The monoisotopic (exact) mass is 347 g/mol. The third-order valence-electron chi connectivity index (χ3n) is 4.28. The summed E-state index contributed by atoms with van der Waals surface area (Å²) in [5.41, 5.74) is 1.18. The van der Waals surface area contributed by atoms with Gasteiger partial charge < -0.3 is 19.9 Å². The van der Waals surface area contributed by atoms with Crippen LogP contribution in [0.3, 0.4) is 0 Å². The number of carbonyl (C=O) groups excluding carboxylic acids is 2. The summed E-state index contributed by atoms with van der Waals surface area (Å²) in [6.07, 6.45) is 2.07. The molecule has 0 spiro atoms. The Bertz CT molecular complexity index is 574. The average molecular weight is 347 g/mol. The molecule has 1 aliphatic rings. The van der Waals surface area contributed by atoms with Crippen molar-refractivity contribution in [3.63, 3.8) is 0 Å². The van der Waals surface area contributed by atoms with Crippen LogP contribution >= 0.6 is 0 Å². The summed E-state index contributed by atoms with van der Waals surface area (Å²) in [4.78, 5) is 27.9. The maximum atomic E-state index is 12.3. The molecule has 1 aromatic rings. The molecule has 6 nitrogen and oxygen atoms in total. The van der Waals surface area contributed by atoms with Crippen LogP contribution in [0.1, 0.15) is 32.3 Å². The topological polar surface area (TPSA) is 61.9 Å². The third-order valence-corrected chi connectivity index (χ3v) is 4.28. The molecule has 1 heterocycles. The highest BCUT2D eigenvalue weighted by Crippen LogP contribution is 2.11. The fraction of sp³-hybridized carbons (Fsp3) is 0.579. The Morgan fingerprint density at radius 3 is 2.64 bits per heavy atom. The number of aryl methyl sites for hydroxylation is 1. The summed E-state index contributed by atoms with van der Waals surface area (Å²) < 4.78 is 5.69. The number of amides is 3. The second kappa shape index (κ2) is 9.30. The molecule has 0 aromatic heterocycles. The summed E-state index contributed by atoms with van der Waals surface area (Å²) in [5, 5.41) is 2.90.